The second-order valence-corrected chi connectivity index (χ2v) is 7.14. The number of sulfonamides is 1. The minimum absolute atomic E-state index is 0.0251. The number of nitrogens with one attached hydrogen (secondary N) is 1. The molecule has 7 heteroatoms. The highest BCUT2D eigenvalue weighted by atomic mass is 32.2. The van der Waals surface area contributed by atoms with Gasteiger partial charge in [-0.2, -0.15) is 4.72 Å². The molecule has 2 N–H and O–H groups in total. The van der Waals surface area contributed by atoms with Crippen LogP contribution < -0.4 is 4.72 Å². The van der Waals surface area contributed by atoms with Gasteiger partial charge in [0.15, 0.2) is 0 Å². The Hall–Kier alpha value is -1.44. The third-order valence-corrected chi connectivity index (χ3v) is 5.23. The van der Waals surface area contributed by atoms with Crippen molar-refractivity contribution in [1.29, 1.82) is 0 Å². The molecule has 0 aliphatic rings. The lowest BCUT2D eigenvalue weighted by atomic mass is 10.1. The van der Waals surface area contributed by atoms with Crippen molar-refractivity contribution in [2.24, 2.45) is 0 Å². The Morgan fingerprint density at radius 1 is 1.37 bits per heavy atom. The van der Waals surface area contributed by atoms with Crippen molar-refractivity contribution in [3.05, 3.63) is 40.8 Å². The summed E-state index contributed by atoms with van der Waals surface area (Å²) in [7, 11) is -3.71. The monoisotopic (exact) mass is 298 g/mol. The SMILES string of the molecule is CC(C)(NS(=O)(=O)c1cccc(O)c1)c1nccs1. The molecular weight excluding hydrogens is 284 g/mol. The van der Waals surface area contributed by atoms with Crippen LogP contribution in [0.15, 0.2) is 40.7 Å². The Morgan fingerprint density at radius 2 is 2.11 bits per heavy atom. The summed E-state index contributed by atoms with van der Waals surface area (Å²) < 4.78 is 27.1. The zero-order valence-corrected chi connectivity index (χ0v) is 12.1. The Balaban J connectivity index is 2.32. The molecular formula is C12H14N2O3S2. The van der Waals surface area contributed by atoms with E-state index in [4.69, 9.17) is 0 Å². The molecule has 102 valence electrons. The van der Waals surface area contributed by atoms with Crippen molar-refractivity contribution < 1.29 is 13.5 Å². The van der Waals surface area contributed by atoms with E-state index in [2.05, 4.69) is 9.71 Å². The fourth-order valence-corrected chi connectivity index (χ4v) is 3.82. The Kier molecular flexibility index (Phi) is 3.62. The molecule has 0 unspecified atom stereocenters. The molecule has 1 aromatic heterocycles. The maximum Gasteiger partial charge on any atom is 0.241 e. The zero-order chi connectivity index (χ0) is 14.1. The molecule has 0 aliphatic heterocycles. The van der Waals surface area contributed by atoms with E-state index in [1.807, 2.05) is 0 Å². The number of aromatic hydroxyl groups is 1. The highest BCUT2D eigenvalue weighted by Gasteiger charge is 2.30. The maximum atomic E-state index is 12.2. The largest absolute Gasteiger partial charge is 0.508 e. The van der Waals surface area contributed by atoms with Gasteiger partial charge in [0.05, 0.1) is 10.4 Å². The number of phenols is 1. The van der Waals surface area contributed by atoms with Crippen molar-refractivity contribution in [2.45, 2.75) is 24.3 Å². The van der Waals surface area contributed by atoms with Gasteiger partial charge in [-0.3, -0.25) is 0 Å². The van der Waals surface area contributed by atoms with E-state index in [-0.39, 0.29) is 10.6 Å². The van der Waals surface area contributed by atoms with Gasteiger partial charge in [-0.05, 0) is 32.0 Å². The predicted octanol–water partition coefficient (Wildman–Crippen LogP) is 2.06. The molecule has 0 radical (unpaired) electrons. The van der Waals surface area contributed by atoms with Crippen LogP contribution >= 0.6 is 11.3 Å². The van der Waals surface area contributed by atoms with Crippen LogP contribution in [0, 0.1) is 0 Å². The van der Waals surface area contributed by atoms with Crippen LogP contribution in [-0.2, 0) is 15.6 Å². The standard InChI is InChI=1S/C12H14N2O3S2/c1-12(2,11-13-6-7-18-11)14-19(16,17)10-5-3-4-9(15)8-10/h3-8,14-15H,1-2H3. The minimum atomic E-state index is -3.71. The van der Waals surface area contributed by atoms with Crippen LogP contribution in [0.4, 0.5) is 0 Å². The summed E-state index contributed by atoms with van der Waals surface area (Å²) in [4.78, 5) is 4.15. The van der Waals surface area contributed by atoms with Crippen molar-refractivity contribution >= 4 is 21.4 Å². The highest BCUT2D eigenvalue weighted by molar-refractivity contribution is 7.89. The van der Waals surface area contributed by atoms with E-state index in [9.17, 15) is 13.5 Å². The van der Waals surface area contributed by atoms with Gasteiger partial charge >= 0.3 is 0 Å². The van der Waals surface area contributed by atoms with Crippen LogP contribution in [0.25, 0.3) is 0 Å². The van der Waals surface area contributed by atoms with E-state index in [1.165, 1.54) is 35.6 Å². The maximum absolute atomic E-state index is 12.2. The second kappa shape index (κ2) is 4.92. The van der Waals surface area contributed by atoms with Gasteiger partial charge in [0, 0.05) is 11.6 Å². The van der Waals surface area contributed by atoms with Crippen LogP contribution in [-0.4, -0.2) is 18.5 Å². The second-order valence-electron chi connectivity index (χ2n) is 4.57. The van der Waals surface area contributed by atoms with Crippen LogP contribution in [0.5, 0.6) is 5.75 Å². The molecule has 19 heavy (non-hydrogen) atoms. The third kappa shape index (κ3) is 3.12. The van der Waals surface area contributed by atoms with E-state index in [0.29, 0.717) is 5.01 Å². The van der Waals surface area contributed by atoms with Gasteiger partial charge < -0.3 is 5.11 Å². The average Bonchev–Trinajstić information content (AvgIpc) is 2.81. The fourth-order valence-electron chi connectivity index (χ4n) is 1.62. The molecule has 1 heterocycles. The minimum Gasteiger partial charge on any atom is -0.508 e. The van der Waals surface area contributed by atoms with Crippen LogP contribution in [0.3, 0.4) is 0 Å². The molecule has 0 saturated heterocycles. The average molecular weight is 298 g/mol. The first-order valence-corrected chi connectivity index (χ1v) is 7.90. The first-order valence-electron chi connectivity index (χ1n) is 5.54. The first kappa shape index (κ1) is 14.0. The van der Waals surface area contributed by atoms with Crippen molar-refractivity contribution in [1.82, 2.24) is 9.71 Å². The predicted molar refractivity (Wildman–Crippen MR) is 73.6 cm³/mol. The summed E-state index contributed by atoms with van der Waals surface area (Å²) in [5.41, 5.74) is -0.807. The summed E-state index contributed by atoms with van der Waals surface area (Å²) in [6.45, 7) is 3.48. The van der Waals surface area contributed by atoms with Gasteiger partial charge in [0.1, 0.15) is 10.8 Å². The quantitative estimate of drug-likeness (QED) is 0.905. The summed E-state index contributed by atoms with van der Waals surface area (Å²) in [5.74, 6) is -0.0880. The smallest absolute Gasteiger partial charge is 0.241 e. The fraction of sp³-hybridized carbons (Fsp3) is 0.250. The summed E-state index contributed by atoms with van der Waals surface area (Å²) in [6, 6.07) is 5.55. The van der Waals surface area contributed by atoms with Crippen molar-refractivity contribution in [3.63, 3.8) is 0 Å². The van der Waals surface area contributed by atoms with Gasteiger partial charge in [-0.25, -0.2) is 13.4 Å². The molecule has 0 spiro atoms. The number of thiazole rings is 1. The molecule has 2 aromatic rings. The highest BCUT2D eigenvalue weighted by Crippen LogP contribution is 2.25. The first-order chi connectivity index (χ1) is 8.81. The topological polar surface area (TPSA) is 79.3 Å². The molecule has 0 atom stereocenters. The molecule has 0 aliphatic carbocycles. The summed E-state index contributed by atoms with van der Waals surface area (Å²) in [5, 5.41) is 11.8. The van der Waals surface area contributed by atoms with Gasteiger partial charge in [-0.15, -0.1) is 11.3 Å². The molecule has 0 bridgehead atoms. The molecule has 0 fully saturated rings. The lowest BCUT2D eigenvalue weighted by molar-refractivity contribution is 0.464. The number of rotatable bonds is 4. The van der Waals surface area contributed by atoms with Crippen molar-refractivity contribution in [2.75, 3.05) is 0 Å². The van der Waals surface area contributed by atoms with E-state index in [1.54, 1.807) is 25.4 Å². The Morgan fingerprint density at radius 3 is 2.68 bits per heavy atom. The van der Waals surface area contributed by atoms with E-state index < -0.39 is 15.6 Å². The van der Waals surface area contributed by atoms with Crippen LogP contribution in [0.1, 0.15) is 18.9 Å². The molecule has 5 nitrogen and oxygen atoms in total. The molecule has 0 saturated carbocycles. The summed E-state index contributed by atoms with van der Waals surface area (Å²) in [6.07, 6.45) is 1.63. The van der Waals surface area contributed by atoms with Crippen LogP contribution in [0.2, 0.25) is 0 Å². The number of aromatic nitrogens is 1. The van der Waals surface area contributed by atoms with E-state index in [0.717, 1.165) is 0 Å². The molecule has 0 amide bonds. The number of hydrogen-bond donors (Lipinski definition) is 2. The number of nitrogens with zero attached hydrogens (tertiary/aromatic N) is 1. The van der Waals surface area contributed by atoms with Gasteiger partial charge in [0.2, 0.25) is 10.0 Å². The summed E-state index contributed by atoms with van der Waals surface area (Å²) >= 11 is 1.38. The lowest BCUT2D eigenvalue weighted by Crippen LogP contribution is -2.40. The number of benzene rings is 1. The molecule has 1 aromatic carbocycles. The Labute approximate surface area is 116 Å². The lowest BCUT2D eigenvalue weighted by Gasteiger charge is -2.23. The number of hydrogen-bond acceptors (Lipinski definition) is 5. The number of phenolic OH excluding ortho intramolecular Hbond substituents is 1. The third-order valence-electron chi connectivity index (χ3n) is 2.48. The van der Waals surface area contributed by atoms with Crippen molar-refractivity contribution in [3.8, 4) is 5.75 Å². The normalized spacial score (nSPS) is 12.5. The van der Waals surface area contributed by atoms with Gasteiger partial charge in [0.25, 0.3) is 0 Å². The zero-order valence-electron chi connectivity index (χ0n) is 10.5. The Bertz CT molecular complexity index is 664. The van der Waals surface area contributed by atoms with E-state index >= 15 is 0 Å². The molecule has 2 rings (SSSR count). The van der Waals surface area contributed by atoms with Gasteiger partial charge in [-0.1, -0.05) is 6.07 Å².